The first-order chi connectivity index (χ1) is 18.3. The third-order valence-corrected chi connectivity index (χ3v) is 7.14. The van der Waals surface area contributed by atoms with E-state index in [4.69, 9.17) is 9.15 Å². The highest BCUT2D eigenvalue weighted by Gasteiger charge is 2.39. The van der Waals surface area contributed by atoms with Gasteiger partial charge in [0.15, 0.2) is 0 Å². The Morgan fingerprint density at radius 2 is 1.82 bits per heavy atom. The molecule has 2 N–H and O–H groups in total. The van der Waals surface area contributed by atoms with Gasteiger partial charge in [-0.05, 0) is 56.5 Å². The van der Waals surface area contributed by atoms with Gasteiger partial charge in [-0.15, -0.1) is 0 Å². The molecule has 0 radical (unpaired) electrons. The van der Waals surface area contributed by atoms with E-state index in [1.54, 1.807) is 19.1 Å². The number of ether oxygens (including phenoxy) is 1. The average Bonchev–Trinajstić information content (AvgIpc) is 3.44. The lowest BCUT2D eigenvalue weighted by Crippen LogP contribution is -2.29. The van der Waals surface area contributed by atoms with Crippen molar-refractivity contribution in [2.75, 3.05) is 17.7 Å². The fourth-order valence-corrected chi connectivity index (χ4v) is 5.43. The lowest BCUT2D eigenvalue weighted by molar-refractivity contribution is -0.138. The van der Waals surface area contributed by atoms with Crippen LogP contribution < -0.4 is 10.6 Å². The Balaban J connectivity index is 1.71. The summed E-state index contributed by atoms with van der Waals surface area (Å²) in [4.78, 5) is 26.2. The van der Waals surface area contributed by atoms with E-state index < -0.39 is 11.9 Å². The third-order valence-electron chi connectivity index (χ3n) is 6.12. The monoisotopic (exact) mass is 527 g/mol. The minimum Gasteiger partial charge on any atom is -0.468 e. The molecule has 1 aromatic heterocycles. The number of furan rings is 1. The van der Waals surface area contributed by atoms with Gasteiger partial charge in [0.25, 0.3) is 0 Å². The van der Waals surface area contributed by atoms with Gasteiger partial charge in [0.05, 0.1) is 52.5 Å². The van der Waals surface area contributed by atoms with Crippen molar-refractivity contribution in [1.82, 2.24) is 5.32 Å². The van der Waals surface area contributed by atoms with E-state index in [2.05, 4.69) is 16.7 Å². The van der Waals surface area contributed by atoms with Gasteiger partial charge in [-0.25, -0.2) is 4.79 Å². The highest BCUT2D eigenvalue weighted by Crippen LogP contribution is 2.43. The van der Waals surface area contributed by atoms with Crippen LogP contribution in [-0.2, 0) is 14.3 Å². The second-order valence-corrected chi connectivity index (χ2v) is 9.90. The maximum atomic E-state index is 13.2. The molecule has 0 saturated carbocycles. The van der Waals surface area contributed by atoms with Gasteiger partial charge in [0, 0.05) is 5.69 Å². The number of nitriles is 1. The predicted octanol–water partition coefficient (Wildman–Crippen LogP) is 5.97. The molecule has 0 spiro atoms. The number of hydrogen-bond acceptors (Lipinski definition) is 7. The molecule has 0 aliphatic carbocycles. The number of carbonyl (C=O) groups excluding carboxylic acids is 2. The van der Waals surface area contributed by atoms with Crippen molar-refractivity contribution in [3.8, 4) is 6.07 Å². The molecule has 7 nitrogen and oxygen atoms in total. The largest absolute Gasteiger partial charge is 0.468 e. The summed E-state index contributed by atoms with van der Waals surface area (Å²) in [6.07, 6.45) is 1.50. The topological polar surface area (TPSA) is 104 Å². The Bertz CT molecular complexity index is 1430. The van der Waals surface area contributed by atoms with Crippen molar-refractivity contribution in [2.45, 2.75) is 33.6 Å². The van der Waals surface area contributed by atoms with Gasteiger partial charge >= 0.3 is 5.97 Å². The summed E-state index contributed by atoms with van der Waals surface area (Å²) in [7, 11) is 0. The predicted molar refractivity (Wildman–Crippen MR) is 149 cm³/mol. The summed E-state index contributed by atoms with van der Waals surface area (Å²) < 4.78 is 11.1. The number of thioether (sulfide) groups is 1. The van der Waals surface area contributed by atoms with Crippen LogP contribution in [0.25, 0.3) is 5.70 Å². The van der Waals surface area contributed by atoms with Crippen molar-refractivity contribution in [3.05, 3.63) is 105 Å². The second-order valence-electron chi connectivity index (χ2n) is 8.91. The number of aryl methyl sites for hydroxylation is 3. The van der Waals surface area contributed by atoms with Gasteiger partial charge in [0.2, 0.25) is 5.91 Å². The molecule has 1 unspecified atom stereocenters. The van der Waals surface area contributed by atoms with E-state index in [1.165, 1.54) is 18.0 Å². The summed E-state index contributed by atoms with van der Waals surface area (Å²) in [5.41, 5.74) is 5.71. The van der Waals surface area contributed by atoms with Crippen LogP contribution in [0.2, 0.25) is 0 Å². The Labute approximate surface area is 226 Å². The molecular weight excluding hydrogens is 498 g/mol. The molecule has 0 bridgehead atoms. The first kappa shape index (κ1) is 26.8. The standard InChI is InChI=1S/C30H29N3O4S/c1-5-36-30(35)26-25(23-12-9-13-37-23)22(16-31)29(33-28(26)21-10-7-6-8-11-21)38-17-24(34)32-27-19(3)14-18(2)15-20(27)4/h6-15,25,33H,5,17H2,1-4H3,(H,32,34). The molecular formula is C30H29N3O4S. The van der Waals surface area contributed by atoms with Crippen LogP contribution in [0, 0.1) is 32.1 Å². The van der Waals surface area contributed by atoms with Crippen LogP contribution in [0.4, 0.5) is 5.69 Å². The van der Waals surface area contributed by atoms with Crippen LogP contribution >= 0.6 is 11.8 Å². The number of nitrogens with zero attached hydrogens (tertiary/aromatic N) is 1. The van der Waals surface area contributed by atoms with Crippen LogP contribution in [0.15, 0.2) is 81.5 Å². The lowest BCUT2D eigenvalue weighted by Gasteiger charge is -2.29. The van der Waals surface area contributed by atoms with Crippen LogP contribution in [0.3, 0.4) is 0 Å². The van der Waals surface area contributed by atoms with E-state index in [0.29, 0.717) is 16.5 Å². The average molecular weight is 528 g/mol. The molecule has 38 heavy (non-hydrogen) atoms. The fourth-order valence-electron chi connectivity index (χ4n) is 4.59. The van der Waals surface area contributed by atoms with E-state index in [0.717, 1.165) is 27.9 Å². The maximum Gasteiger partial charge on any atom is 0.337 e. The summed E-state index contributed by atoms with van der Waals surface area (Å²) in [5, 5.41) is 17.0. The molecule has 4 rings (SSSR count). The molecule has 8 heteroatoms. The Kier molecular flexibility index (Phi) is 8.39. The van der Waals surface area contributed by atoms with Gasteiger partial charge in [0.1, 0.15) is 5.76 Å². The van der Waals surface area contributed by atoms with Gasteiger partial charge < -0.3 is 19.8 Å². The molecule has 1 aliphatic heterocycles. The van der Waals surface area contributed by atoms with Crippen LogP contribution in [-0.4, -0.2) is 24.2 Å². The number of anilines is 1. The van der Waals surface area contributed by atoms with Gasteiger partial charge in [-0.2, -0.15) is 5.26 Å². The third kappa shape index (κ3) is 5.68. The summed E-state index contributed by atoms with van der Waals surface area (Å²) >= 11 is 1.20. The first-order valence-electron chi connectivity index (χ1n) is 12.3. The van der Waals surface area contributed by atoms with E-state index in [-0.39, 0.29) is 29.4 Å². The SMILES string of the molecule is CCOC(=O)C1=C(c2ccccc2)NC(SCC(=O)Nc2c(C)cc(C)cc2C)=C(C#N)C1c1ccco1. The number of esters is 1. The van der Waals surface area contributed by atoms with E-state index >= 15 is 0 Å². The fraction of sp³-hybridized carbons (Fsp3) is 0.233. The number of carbonyl (C=O) groups is 2. The molecule has 2 heterocycles. The quantitative estimate of drug-likeness (QED) is 0.348. The Morgan fingerprint density at radius 1 is 1.11 bits per heavy atom. The normalized spacial score (nSPS) is 15.1. The molecule has 1 aliphatic rings. The molecule has 1 atom stereocenters. The number of dihydropyridines is 1. The lowest BCUT2D eigenvalue weighted by atomic mass is 9.84. The number of benzene rings is 2. The van der Waals surface area contributed by atoms with Crippen molar-refractivity contribution in [3.63, 3.8) is 0 Å². The van der Waals surface area contributed by atoms with E-state index in [9.17, 15) is 14.9 Å². The van der Waals surface area contributed by atoms with E-state index in [1.807, 2.05) is 63.2 Å². The number of rotatable bonds is 8. The molecule has 3 aromatic rings. The Hall–Kier alpha value is -4.22. The first-order valence-corrected chi connectivity index (χ1v) is 13.2. The summed E-state index contributed by atoms with van der Waals surface area (Å²) in [6, 6.07) is 19.1. The second kappa shape index (κ2) is 11.9. The highest BCUT2D eigenvalue weighted by atomic mass is 32.2. The van der Waals surface area contributed by atoms with Crippen molar-refractivity contribution >= 4 is 35.0 Å². The zero-order chi connectivity index (χ0) is 27.2. The molecule has 0 fully saturated rings. The highest BCUT2D eigenvalue weighted by molar-refractivity contribution is 8.03. The molecule has 2 aromatic carbocycles. The van der Waals surface area contributed by atoms with Crippen molar-refractivity contribution in [2.24, 2.45) is 0 Å². The molecule has 194 valence electrons. The van der Waals surface area contributed by atoms with Crippen LogP contribution in [0.5, 0.6) is 0 Å². The smallest absolute Gasteiger partial charge is 0.337 e. The van der Waals surface area contributed by atoms with Crippen molar-refractivity contribution in [1.29, 1.82) is 5.26 Å². The summed E-state index contributed by atoms with van der Waals surface area (Å²) in [5.74, 6) is -1.04. The number of hydrogen-bond donors (Lipinski definition) is 2. The minimum atomic E-state index is -0.794. The molecule has 0 saturated heterocycles. The number of nitrogens with one attached hydrogen (secondary N) is 2. The number of amides is 1. The Morgan fingerprint density at radius 3 is 2.42 bits per heavy atom. The van der Waals surface area contributed by atoms with Gasteiger partial charge in [-0.3, -0.25) is 4.79 Å². The molecule has 1 amide bonds. The van der Waals surface area contributed by atoms with Crippen LogP contribution in [0.1, 0.15) is 40.9 Å². The van der Waals surface area contributed by atoms with Crippen molar-refractivity contribution < 1.29 is 18.7 Å². The number of allylic oxidation sites excluding steroid dienone is 1. The maximum absolute atomic E-state index is 13.2. The van der Waals surface area contributed by atoms with Gasteiger partial charge in [-0.1, -0.05) is 59.8 Å². The minimum absolute atomic E-state index is 0.0575. The zero-order valence-electron chi connectivity index (χ0n) is 21.8. The summed E-state index contributed by atoms with van der Waals surface area (Å²) in [6.45, 7) is 7.86. The zero-order valence-corrected chi connectivity index (χ0v) is 22.6.